The first-order valence-corrected chi connectivity index (χ1v) is 5.63. The van der Waals surface area contributed by atoms with Gasteiger partial charge in [0.15, 0.2) is 0 Å². The van der Waals surface area contributed by atoms with E-state index in [2.05, 4.69) is 61.9 Å². The van der Waals surface area contributed by atoms with E-state index >= 15 is 0 Å². The largest absolute Gasteiger partial charge is 0.351 e. The minimum Gasteiger partial charge on any atom is -0.351 e. The molecular weight excluding hydrogens is 194 g/mol. The second kappa shape index (κ2) is 3.11. The number of aromatic nitrogens is 1. The Kier molecular flexibility index (Phi) is 1.84. The van der Waals surface area contributed by atoms with Crippen molar-refractivity contribution in [2.45, 2.75) is 13.8 Å². The van der Waals surface area contributed by atoms with Crippen LogP contribution >= 0.6 is 0 Å². The van der Waals surface area contributed by atoms with Crippen LogP contribution in [0, 0.1) is 13.8 Å². The first-order valence-electron chi connectivity index (χ1n) is 5.63. The van der Waals surface area contributed by atoms with Gasteiger partial charge in [-0.2, -0.15) is 0 Å². The van der Waals surface area contributed by atoms with Crippen molar-refractivity contribution in [3.05, 3.63) is 47.8 Å². The first-order chi connectivity index (χ1) is 7.68. The molecule has 16 heavy (non-hydrogen) atoms. The molecule has 80 valence electrons. The van der Waals surface area contributed by atoms with Gasteiger partial charge < -0.3 is 4.57 Å². The van der Waals surface area contributed by atoms with Crippen molar-refractivity contribution in [2.75, 3.05) is 0 Å². The van der Waals surface area contributed by atoms with Crippen LogP contribution in [0.15, 0.2) is 36.4 Å². The van der Waals surface area contributed by atoms with E-state index in [1.807, 2.05) is 0 Å². The van der Waals surface area contributed by atoms with Crippen LogP contribution in [0.25, 0.3) is 21.5 Å². The van der Waals surface area contributed by atoms with Gasteiger partial charge in [0.1, 0.15) is 0 Å². The van der Waals surface area contributed by atoms with Gasteiger partial charge in [-0.1, -0.05) is 24.3 Å². The van der Waals surface area contributed by atoms with Crippen molar-refractivity contribution < 1.29 is 0 Å². The first kappa shape index (κ1) is 9.46. The third-order valence-corrected chi connectivity index (χ3v) is 3.67. The van der Waals surface area contributed by atoms with Crippen LogP contribution in [-0.2, 0) is 7.05 Å². The lowest BCUT2D eigenvalue weighted by molar-refractivity contribution is 0.851. The van der Waals surface area contributed by atoms with Crippen LogP contribution in [0.1, 0.15) is 11.4 Å². The summed E-state index contributed by atoms with van der Waals surface area (Å²) < 4.78 is 2.27. The molecule has 0 amide bonds. The van der Waals surface area contributed by atoms with Gasteiger partial charge in [0.05, 0.1) is 0 Å². The average Bonchev–Trinajstić information content (AvgIpc) is 2.52. The van der Waals surface area contributed by atoms with Crippen molar-refractivity contribution >= 4 is 21.5 Å². The molecule has 0 saturated carbocycles. The summed E-state index contributed by atoms with van der Waals surface area (Å²) >= 11 is 0. The minimum atomic E-state index is 1.32. The molecule has 0 unspecified atom stereocenters. The zero-order valence-corrected chi connectivity index (χ0v) is 9.91. The maximum absolute atomic E-state index is 2.30. The monoisotopic (exact) mass is 209 g/mol. The lowest BCUT2D eigenvalue weighted by Gasteiger charge is -1.98. The smallest absolute Gasteiger partial charge is 0.0222 e. The molecule has 0 aliphatic rings. The summed E-state index contributed by atoms with van der Waals surface area (Å²) in [5.41, 5.74) is 2.69. The van der Waals surface area contributed by atoms with Crippen LogP contribution in [0.3, 0.4) is 0 Å². The van der Waals surface area contributed by atoms with Gasteiger partial charge in [-0.15, -0.1) is 0 Å². The Hall–Kier alpha value is -1.76. The van der Waals surface area contributed by atoms with E-state index in [0.717, 1.165) is 0 Å². The van der Waals surface area contributed by atoms with Crippen molar-refractivity contribution in [3.8, 4) is 0 Å². The van der Waals surface area contributed by atoms with Gasteiger partial charge in [-0.3, -0.25) is 0 Å². The van der Waals surface area contributed by atoms with Crippen LogP contribution in [0.4, 0.5) is 0 Å². The quantitative estimate of drug-likeness (QED) is 0.528. The predicted octanol–water partition coefficient (Wildman–Crippen LogP) is 3.95. The van der Waals surface area contributed by atoms with Gasteiger partial charge >= 0.3 is 0 Å². The number of hydrogen-bond donors (Lipinski definition) is 0. The highest BCUT2D eigenvalue weighted by Crippen LogP contribution is 2.29. The average molecular weight is 209 g/mol. The number of aryl methyl sites for hydroxylation is 2. The fourth-order valence-electron chi connectivity index (χ4n) is 2.45. The molecule has 0 saturated heterocycles. The Labute approximate surface area is 95.3 Å². The molecule has 2 aromatic carbocycles. The third kappa shape index (κ3) is 1.12. The maximum atomic E-state index is 2.30. The maximum Gasteiger partial charge on any atom is 0.0222 e. The van der Waals surface area contributed by atoms with Gasteiger partial charge in [0, 0.05) is 29.2 Å². The summed E-state index contributed by atoms with van der Waals surface area (Å²) in [5, 5.41) is 5.39. The summed E-state index contributed by atoms with van der Waals surface area (Å²) in [6.07, 6.45) is 0. The van der Waals surface area contributed by atoms with Crippen LogP contribution in [0.5, 0.6) is 0 Å². The van der Waals surface area contributed by atoms with Crippen LogP contribution in [0.2, 0.25) is 0 Å². The summed E-state index contributed by atoms with van der Waals surface area (Å²) in [6, 6.07) is 13.1. The summed E-state index contributed by atoms with van der Waals surface area (Å²) in [5.74, 6) is 0. The highest BCUT2D eigenvalue weighted by atomic mass is 14.9. The fourth-order valence-corrected chi connectivity index (χ4v) is 2.45. The molecule has 1 aromatic heterocycles. The second-order valence-corrected chi connectivity index (χ2v) is 4.47. The Balaban J connectivity index is 2.56. The SMILES string of the molecule is Cc1c2cc3ccccc3cc2c(C)n1C. The van der Waals surface area contributed by atoms with E-state index in [0.29, 0.717) is 0 Å². The van der Waals surface area contributed by atoms with E-state index in [1.54, 1.807) is 0 Å². The number of fused-ring (bicyclic) bond motifs is 2. The van der Waals surface area contributed by atoms with Gasteiger partial charge in [0.2, 0.25) is 0 Å². The summed E-state index contributed by atoms with van der Waals surface area (Å²) in [4.78, 5) is 0. The molecule has 3 aromatic rings. The molecule has 0 N–H and O–H groups in total. The molecule has 0 spiro atoms. The molecule has 0 atom stereocenters. The van der Waals surface area contributed by atoms with Crippen LogP contribution in [-0.4, -0.2) is 4.57 Å². The number of hydrogen-bond acceptors (Lipinski definition) is 0. The third-order valence-electron chi connectivity index (χ3n) is 3.67. The molecule has 3 rings (SSSR count). The molecular formula is C15H15N. The predicted molar refractivity (Wildman–Crippen MR) is 69.9 cm³/mol. The number of benzene rings is 2. The fraction of sp³-hybridized carbons (Fsp3) is 0.200. The van der Waals surface area contributed by atoms with Gasteiger partial charge in [-0.25, -0.2) is 0 Å². The summed E-state index contributed by atoms with van der Waals surface area (Å²) in [7, 11) is 2.13. The highest BCUT2D eigenvalue weighted by molar-refractivity contribution is 6.00. The van der Waals surface area contributed by atoms with E-state index in [1.165, 1.54) is 32.9 Å². The van der Waals surface area contributed by atoms with Crippen molar-refractivity contribution in [3.63, 3.8) is 0 Å². The molecule has 0 radical (unpaired) electrons. The Morgan fingerprint density at radius 3 is 1.69 bits per heavy atom. The van der Waals surface area contributed by atoms with Gasteiger partial charge in [-0.05, 0) is 36.8 Å². The Morgan fingerprint density at radius 2 is 1.25 bits per heavy atom. The molecule has 0 aliphatic carbocycles. The van der Waals surface area contributed by atoms with Crippen LogP contribution < -0.4 is 0 Å². The molecule has 1 heterocycles. The molecule has 0 aliphatic heterocycles. The minimum absolute atomic E-state index is 1.32. The molecule has 1 nitrogen and oxygen atoms in total. The zero-order chi connectivity index (χ0) is 11.3. The molecule has 0 fully saturated rings. The van der Waals surface area contributed by atoms with Crippen molar-refractivity contribution in [1.82, 2.24) is 4.57 Å². The Morgan fingerprint density at radius 1 is 0.812 bits per heavy atom. The number of nitrogens with zero attached hydrogens (tertiary/aromatic N) is 1. The lowest BCUT2D eigenvalue weighted by Crippen LogP contribution is -1.91. The van der Waals surface area contributed by atoms with Crippen molar-refractivity contribution in [2.24, 2.45) is 7.05 Å². The van der Waals surface area contributed by atoms with E-state index in [4.69, 9.17) is 0 Å². The highest BCUT2D eigenvalue weighted by Gasteiger charge is 2.08. The number of rotatable bonds is 0. The molecule has 0 bridgehead atoms. The lowest BCUT2D eigenvalue weighted by atomic mass is 10.0. The zero-order valence-electron chi connectivity index (χ0n) is 9.91. The normalized spacial score (nSPS) is 11.4. The molecule has 1 heteroatoms. The van der Waals surface area contributed by atoms with E-state index in [9.17, 15) is 0 Å². The Bertz CT molecular complexity index is 631. The standard InChI is InChI=1S/C15H15N/c1-10-14-8-12-6-4-5-7-13(12)9-15(14)11(2)16(10)3/h4-9H,1-3H3. The topological polar surface area (TPSA) is 4.93 Å². The van der Waals surface area contributed by atoms with E-state index < -0.39 is 0 Å². The second-order valence-electron chi connectivity index (χ2n) is 4.47. The van der Waals surface area contributed by atoms with Gasteiger partial charge in [0.25, 0.3) is 0 Å². The summed E-state index contributed by atoms with van der Waals surface area (Å²) in [6.45, 7) is 4.37. The van der Waals surface area contributed by atoms with E-state index in [-0.39, 0.29) is 0 Å². The van der Waals surface area contributed by atoms with Crippen molar-refractivity contribution in [1.29, 1.82) is 0 Å².